The van der Waals surface area contributed by atoms with E-state index in [0.29, 0.717) is 34.6 Å². The van der Waals surface area contributed by atoms with Crippen molar-refractivity contribution in [3.63, 3.8) is 0 Å². The molecule has 0 radical (unpaired) electrons. The minimum atomic E-state index is -0.215. The Labute approximate surface area is 110 Å². The number of aromatic nitrogens is 2. The molecule has 6 heteroatoms. The van der Waals surface area contributed by atoms with E-state index < -0.39 is 0 Å². The zero-order valence-corrected chi connectivity index (χ0v) is 10.9. The molecule has 0 spiro atoms. The summed E-state index contributed by atoms with van der Waals surface area (Å²) < 4.78 is 10.6. The summed E-state index contributed by atoms with van der Waals surface area (Å²) in [5.74, 6) is 0.833. The number of hydrogen-bond acceptors (Lipinski definition) is 5. The van der Waals surface area contributed by atoms with E-state index in [4.69, 9.17) is 26.6 Å². The Kier molecular flexibility index (Phi) is 3.84. The molecular formula is C12H14ClN3O2. The van der Waals surface area contributed by atoms with E-state index in [9.17, 15) is 0 Å². The van der Waals surface area contributed by atoms with E-state index >= 15 is 0 Å². The fraction of sp³-hybridized carbons (Fsp3) is 0.333. The molecule has 5 nitrogen and oxygen atoms in total. The van der Waals surface area contributed by atoms with Crippen LogP contribution in [-0.2, 0) is 4.74 Å². The lowest BCUT2D eigenvalue weighted by Gasteiger charge is -2.04. The zero-order chi connectivity index (χ0) is 13.1. The van der Waals surface area contributed by atoms with Gasteiger partial charge in [0.2, 0.25) is 5.82 Å². The van der Waals surface area contributed by atoms with Gasteiger partial charge in [-0.05, 0) is 32.0 Å². The van der Waals surface area contributed by atoms with Crippen molar-refractivity contribution < 1.29 is 9.26 Å². The molecule has 1 unspecified atom stereocenters. The molecule has 1 atom stereocenters. The Morgan fingerprint density at radius 1 is 1.50 bits per heavy atom. The van der Waals surface area contributed by atoms with Gasteiger partial charge in [0.15, 0.2) is 0 Å². The summed E-state index contributed by atoms with van der Waals surface area (Å²) in [4.78, 5) is 4.26. The van der Waals surface area contributed by atoms with Gasteiger partial charge >= 0.3 is 0 Å². The highest BCUT2D eigenvalue weighted by atomic mass is 35.5. The average molecular weight is 268 g/mol. The van der Waals surface area contributed by atoms with Crippen LogP contribution in [0.25, 0.3) is 11.5 Å². The second-order valence-corrected chi connectivity index (χ2v) is 4.20. The predicted molar refractivity (Wildman–Crippen MR) is 69.2 cm³/mol. The lowest BCUT2D eigenvalue weighted by atomic mass is 10.2. The zero-order valence-electron chi connectivity index (χ0n) is 10.2. The largest absolute Gasteiger partial charge is 0.399 e. The maximum atomic E-state index is 6.07. The number of nitrogens with two attached hydrogens (primary N) is 1. The standard InChI is InChI=1S/C12H14ClN3O2/c1-3-17-7(2)11-15-12(18-16-11)9-6-8(14)4-5-10(9)13/h4-7H,3,14H2,1-2H3. The Morgan fingerprint density at radius 2 is 2.28 bits per heavy atom. The van der Waals surface area contributed by atoms with Crippen LogP contribution in [0.4, 0.5) is 5.69 Å². The van der Waals surface area contributed by atoms with Crippen molar-refractivity contribution in [2.45, 2.75) is 20.0 Å². The van der Waals surface area contributed by atoms with E-state index in [-0.39, 0.29) is 6.10 Å². The minimum absolute atomic E-state index is 0.215. The van der Waals surface area contributed by atoms with Crippen molar-refractivity contribution in [1.82, 2.24) is 10.1 Å². The monoisotopic (exact) mass is 267 g/mol. The van der Waals surface area contributed by atoms with E-state index in [1.807, 2.05) is 13.8 Å². The summed E-state index contributed by atoms with van der Waals surface area (Å²) in [6.45, 7) is 4.36. The van der Waals surface area contributed by atoms with Crippen LogP contribution in [0.1, 0.15) is 25.8 Å². The number of halogens is 1. The number of hydrogen-bond donors (Lipinski definition) is 1. The molecular weight excluding hydrogens is 254 g/mol. The first-order valence-electron chi connectivity index (χ1n) is 5.62. The van der Waals surface area contributed by atoms with Crippen molar-refractivity contribution in [1.29, 1.82) is 0 Å². The molecule has 2 N–H and O–H groups in total. The maximum absolute atomic E-state index is 6.07. The van der Waals surface area contributed by atoms with Crippen molar-refractivity contribution >= 4 is 17.3 Å². The molecule has 1 aromatic carbocycles. The average Bonchev–Trinajstić information content (AvgIpc) is 2.82. The Morgan fingerprint density at radius 3 is 3.00 bits per heavy atom. The van der Waals surface area contributed by atoms with Gasteiger partial charge in [0, 0.05) is 12.3 Å². The van der Waals surface area contributed by atoms with Crippen LogP contribution in [0, 0.1) is 0 Å². The Bertz CT molecular complexity index is 542. The summed E-state index contributed by atoms with van der Waals surface area (Å²) in [5.41, 5.74) is 6.92. The van der Waals surface area contributed by atoms with E-state index in [0.717, 1.165) is 0 Å². The third kappa shape index (κ3) is 2.63. The highest BCUT2D eigenvalue weighted by molar-refractivity contribution is 6.33. The van der Waals surface area contributed by atoms with Gasteiger partial charge in [0.1, 0.15) is 6.10 Å². The van der Waals surface area contributed by atoms with Gasteiger partial charge in [-0.1, -0.05) is 16.8 Å². The first kappa shape index (κ1) is 12.9. The minimum Gasteiger partial charge on any atom is -0.399 e. The molecule has 0 saturated carbocycles. The normalized spacial score (nSPS) is 12.6. The van der Waals surface area contributed by atoms with Gasteiger partial charge in [-0.15, -0.1) is 0 Å². The van der Waals surface area contributed by atoms with E-state index in [1.165, 1.54) is 0 Å². The quantitative estimate of drug-likeness (QED) is 0.862. The number of benzene rings is 1. The van der Waals surface area contributed by atoms with E-state index in [1.54, 1.807) is 18.2 Å². The SMILES string of the molecule is CCOC(C)c1noc(-c2cc(N)ccc2Cl)n1. The first-order valence-corrected chi connectivity index (χ1v) is 6.00. The van der Waals surface area contributed by atoms with Crippen molar-refractivity contribution in [2.24, 2.45) is 0 Å². The highest BCUT2D eigenvalue weighted by Gasteiger charge is 2.16. The van der Waals surface area contributed by atoms with E-state index in [2.05, 4.69) is 10.1 Å². The molecule has 1 aromatic heterocycles. The second kappa shape index (κ2) is 5.37. The Balaban J connectivity index is 2.32. The number of anilines is 1. The fourth-order valence-electron chi connectivity index (χ4n) is 1.54. The molecule has 0 bridgehead atoms. The lowest BCUT2D eigenvalue weighted by Crippen LogP contribution is -2.01. The summed E-state index contributed by atoms with van der Waals surface area (Å²) in [5, 5.41) is 4.39. The van der Waals surface area contributed by atoms with Gasteiger partial charge in [-0.25, -0.2) is 0 Å². The third-order valence-corrected chi connectivity index (χ3v) is 2.77. The molecule has 0 fully saturated rings. The maximum Gasteiger partial charge on any atom is 0.259 e. The molecule has 0 aliphatic carbocycles. The smallest absolute Gasteiger partial charge is 0.259 e. The summed E-state index contributed by atoms with van der Waals surface area (Å²) in [7, 11) is 0. The topological polar surface area (TPSA) is 74.2 Å². The van der Waals surface area contributed by atoms with Crippen LogP contribution >= 0.6 is 11.6 Å². The fourth-order valence-corrected chi connectivity index (χ4v) is 1.74. The van der Waals surface area contributed by atoms with Gasteiger partial charge in [0.05, 0.1) is 10.6 Å². The van der Waals surface area contributed by atoms with Crippen LogP contribution in [0.5, 0.6) is 0 Å². The predicted octanol–water partition coefficient (Wildman–Crippen LogP) is 3.07. The van der Waals surface area contributed by atoms with Crippen LogP contribution in [0.3, 0.4) is 0 Å². The molecule has 2 rings (SSSR count). The van der Waals surface area contributed by atoms with Gasteiger partial charge in [0.25, 0.3) is 5.89 Å². The highest BCUT2D eigenvalue weighted by Crippen LogP contribution is 2.29. The van der Waals surface area contributed by atoms with Gasteiger partial charge in [-0.3, -0.25) is 0 Å². The van der Waals surface area contributed by atoms with Crippen LogP contribution < -0.4 is 5.73 Å². The Hall–Kier alpha value is -1.59. The number of rotatable bonds is 4. The molecule has 18 heavy (non-hydrogen) atoms. The molecule has 0 saturated heterocycles. The molecule has 2 aromatic rings. The summed E-state index contributed by atoms with van der Waals surface area (Å²) in [6.07, 6.45) is -0.215. The van der Waals surface area contributed by atoms with Crippen LogP contribution in [-0.4, -0.2) is 16.7 Å². The number of nitrogen functional groups attached to an aromatic ring is 1. The summed E-state index contributed by atoms with van der Waals surface area (Å²) in [6, 6.07) is 5.11. The molecule has 0 amide bonds. The number of ether oxygens (including phenoxy) is 1. The summed E-state index contributed by atoms with van der Waals surface area (Å²) >= 11 is 6.07. The van der Waals surface area contributed by atoms with Gasteiger partial charge < -0.3 is 15.0 Å². The van der Waals surface area contributed by atoms with Crippen LogP contribution in [0.15, 0.2) is 22.7 Å². The van der Waals surface area contributed by atoms with Crippen molar-refractivity contribution in [3.05, 3.63) is 29.0 Å². The number of nitrogens with zero attached hydrogens (tertiary/aromatic N) is 2. The lowest BCUT2D eigenvalue weighted by molar-refractivity contribution is 0.0683. The second-order valence-electron chi connectivity index (χ2n) is 3.79. The first-order chi connectivity index (χ1) is 8.61. The third-order valence-electron chi connectivity index (χ3n) is 2.44. The van der Waals surface area contributed by atoms with Crippen LogP contribution in [0.2, 0.25) is 5.02 Å². The molecule has 0 aliphatic heterocycles. The van der Waals surface area contributed by atoms with Crippen molar-refractivity contribution in [2.75, 3.05) is 12.3 Å². The molecule has 96 valence electrons. The molecule has 0 aliphatic rings. The van der Waals surface area contributed by atoms with Gasteiger partial charge in [-0.2, -0.15) is 4.98 Å². The van der Waals surface area contributed by atoms with Crippen molar-refractivity contribution in [3.8, 4) is 11.5 Å². The molecule has 1 heterocycles.